The minimum absolute atomic E-state index is 0.00533. The summed E-state index contributed by atoms with van der Waals surface area (Å²) in [7, 11) is -3.08. The van der Waals surface area contributed by atoms with E-state index in [1.54, 1.807) is 36.4 Å². The van der Waals surface area contributed by atoms with Crippen LogP contribution in [0.25, 0.3) is 10.8 Å². The molecule has 12 heteroatoms. The highest BCUT2D eigenvalue weighted by molar-refractivity contribution is 7.85. The van der Waals surface area contributed by atoms with Crippen LogP contribution in [-0.4, -0.2) is 31.1 Å². The van der Waals surface area contributed by atoms with Crippen LogP contribution in [-0.2, 0) is 10.1 Å². The van der Waals surface area contributed by atoms with Gasteiger partial charge in [0, 0.05) is 16.5 Å². The summed E-state index contributed by atoms with van der Waals surface area (Å²) in [6.07, 6.45) is 0. The maximum atomic E-state index is 13.1. The van der Waals surface area contributed by atoms with Gasteiger partial charge in [-0.3, -0.25) is 9.35 Å². The molecule has 0 saturated carbocycles. The molecule has 0 atom stereocenters. The van der Waals surface area contributed by atoms with Gasteiger partial charge >= 0.3 is 0 Å². The first-order valence-corrected chi connectivity index (χ1v) is 12.8. The predicted octanol–water partition coefficient (Wildman–Crippen LogP) is 7.08. The minimum atomic E-state index is -4.57. The Kier molecular flexibility index (Phi) is 7.37. The molecule has 4 rings (SSSR count). The third kappa shape index (κ3) is 5.52. The Labute approximate surface area is 222 Å². The largest absolute Gasteiger partial charge is 0.505 e. The molecule has 0 aliphatic rings. The molecule has 0 spiro atoms. The summed E-state index contributed by atoms with van der Waals surface area (Å²) >= 11 is 12.2. The second-order valence-electron chi connectivity index (χ2n) is 7.87. The fourth-order valence-corrected chi connectivity index (χ4v) is 4.88. The topological polar surface area (TPSA) is 138 Å². The number of aromatic hydroxyl groups is 1. The van der Waals surface area contributed by atoms with Gasteiger partial charge in [-0.15, -0.1) is 5.11 Å². The Hall–Kier alpha value is -3.70. The standard InChI is InChI=1S/C25H19Cl2N3O6S/c1-13-21(10-15(26)11-22(13)37(33,34)35)29-30-23-17-6-4-3-5-14(17)9-18(24(23)31)25(32)28-20-8-7-16(36-2)12-19(20)27/h3-12,31H,1-2H3,(H,28,32)(H,33,34,35). The molecule has 1 amide bonds. The van der Waals surface area contributed by atoms with Crippen molar-refractivity contribution in [2.45, 2.75) is 11.8 Å². The molecule has 0 aliphatic carbocycles. The Morgan fingerprint density at radius 1 is 1.03 bits per heavy atom. The van der Waals surface area contributed by atoms with Crippen LogP contribution in [0.15, 0.2) is 75.8 Å². The van der Waals surface area contributed by atoms with Gasteiger partial charge in [-0.05, 0) is 48.2 Å². The van der Waals surface area contributed by atoms with E-state index in [1.165, 1.54) is 32.2 Å². The van der Waals surface area contributed by atoms with Gasteiger partial charge in [-0.25, -0.2) is 0 Å². The molecule has 0 fully saturated rings. The van der Waals surface area contributed by atoms with Crippen molar-refractivity contribution in [2.75, 3.05) is 12.4 Å². The van der Waals surface area contributed by atoms with E-state index in [0.29, 0.717) is 22.2 Å². The molecule has 3 N–H and O–H groups in total. The second-order valence-corrected chi connectivity index (χ2v) is 10.1. The highest BCUT2D eigenvalue weighted by Gasteiger charge is 2.21. The lowest BCUT2D eigenvalue weighted by molar-refractivity contribution is 0.102. The number of carbonyl (C=O) groups is 1. The number of benzene rings is 4. The van der Waals surface area contributed by atoms with Crippen LogP contribution in [0.4, 0.5) is 17.1 Å². The molecule has 4 aromatic carbocycles. The van der Waals surface area contributed by atoms with Gasteiger partial charge in [0.25, 0.3) is 16.0 Å². The number of azo groups is 1. The fourth-order valence-electron chi connectivity index (χ4n) is 3.62. The van der Waals surface area contributed by atoms with E-state index < -0.39 is 26.7 Å². The molecule has 0 radical (unpaired) electrons. The zero-order valence-electron chi connectivity index (χ0n) is 19.4. The van der Waals surface area contributed by atoms with Crippen LogP contribution in [0.3, 0.4) is 0 Å². The SMILES string of the molecule is COc1ccc(NC(=O)c2cc3ccccc3c(N=Nc3cc(Cl)cc(S(=O)(=O)O)c3C)c2O)c(Cl)c1. The molecule has 0 bridgehead atoms. The summed E-state index contributed by atoms with van der Waals surface area (Å²) in [5.74, 6) is -0.605. The van der Waals surface area contributed by atoms with E-state index >= 15 is 0 Å². The third-order valence-corrected chi connectivity index (χ3v) is 7.01. The number of nitrogens with zero attached hydrogens (tertiary/aromatic N) is 2. The number of carbonyl (C=O) groups excluding carboxylic acids is 1. The van der Waals surface area contributed by atoms with Gasteiger partial charge in [-0.2, -0.15) is 13.5 Å². The van der Waals surface area contributed by atoms with E-state index in [4.69, 9.17) is 27.9 Å². The highest BCUT2D eigenvalue weighted by Crippen LogP contribution is 2.41. The maximum Gasteiger partial charge on any atom is 0.294 e. The number of hydrogen-bond donors (Lipinski definition) is 3. The summed E-state index contributed by atoms with van der Waals surface area (Å²) in [5, 5.41) is 23.2. The number of halogens is 2. The zero-order chi connectivity index (χ0) is 26.9. The average molecular weight is 560 g/mol. The van der Waals surface area contributed by atoms with Crippen molar-refractivity contribution in [1.82, 2.24) is 0 Å². The van der Waals surface area contributed by atoms with Crippen LogP contribution in [0.2, 0.25) is 10.0 Å². The molecule has 0 saturated heterocycles. The number of amides is 1. The lowest BCUT2D eigenvalue weighted by Gasteiger charge is -2.12. The molecule has 0 unspecified atom stereocenters. The van der Waals surface area contributed by atoms with Crippen molar-refractivity contribution in [2.24, 2.45) is 10.2 Å². The number of ether oxygens (including phenoxy) is 1. The van der Waals surface area contributed by atoms with Crippen LogP contribution in [0.5, 0.6) is 11.5 Å². The number of phenolic OH excluding ortho intramolecular Hbond substituents is 1. The minimum Gasteiger partial charge on any atom is -0.505 e. The Bertz CT molecular complexity index is 1690. The van der Waals surface area contributed by atoms with Crippen molar-refractivity contribution >= 4 is 67.1 Å². The zero-order valence-corrected chi connectivity index (χ0v) is 21.7. The van der Waals surface area contributed by atoms with Gasteiger partial charge < -0.3 is 15.2 Å². The number of methoxy groups -OCH3 is 1. The molecular weight excluding hydrogens is 541 g/mol. The number of nitrogens with one attached hydrogen (secondary N) is 1. The first kappa shape index (κ1) is 26.4. The summed E-state index contributed by atoms with van der Waals surface area (Å²) in [6, 6.07) is 15.5. The quantitative estimate of drug-likeness (QED) is 0.170. The normalized spacial score (nSPS) is 11.7. The number of rotatable bonds is 6. The second kappa shape index (κ2) is 10.3. The van der Waals surface area contributed by atoms with Gasteiger partial charge in [0.15, 0.2) is 5.75 Å². The Balaban J connectivity index is 1.81. The van der Waals surface area contributed by atoms with E-state index in [1.807, 2.05) is 0 Å². The fraction of sp³-hybridized carbons (Fsp3) is 0.0800. The smallest absolute Gasteiger partial charge is 0.294 e. The molecule has 37 heavy (non-hydrogen) atoms. The third-order valence-electron chi connectivity index (χ3n) is 5.50. The molecule has 4 aromatic rings. The summed E-state index contributed by atoms with van der Waals surface area (Å²) < 4.78 is 38.0. The van der Waals surface area contributed by atoms with Gasteiger partial charge in [-0.1, -0.05) is 47.5 Å². The van der Waals surface area contributed by atoms with Crippen LogP contribution in [0.1, 0.15) is 15.9 Å². The van der Waals surface area contributed by atoms with Crippen molar-refractivity contribution in [3.05, 3.63) is 81.8 Å². The first-order chi connectivity index (χ1) is 17.5. The van der Waals surface area contributed by atoms with Gasteiger partial charge in [0.1, 0.15) is 16.3 Å². The lowest BCUT2D eigenvalue weighted by Crippen LogP contribution is -2.12. The van der Waals surface area contributed by atoms with E-state index in [0.717, 1.165) is 6.07 Å². The number of anilines is 1. The van der Waals surface area contributed by atoms with Gasteiger partial charge in [0.2, 0.25) is 0 Å². The van der Waals surface area contributed by atoms with E-state index in [9.17, 15) is 22.9 Å². The molecule has 190 valence electrons. The predicted molar refractivity (Wildman–Crippen MR) is 142 cm³/mol. The number of phenols is 1. The van der Waals surface area contributed by atoms with Gasteiger partial charge in [0.05, 0.1) is 29.1 Å². The molecular formula is C25H19Cl2N3O6S. The van der Waals surface area contributed by atoms with Crippen LogP contribution in [0, 0.1) is 6.92 Å². The molecule has 9 nitrogen and oxygen atoms in total. The van der Waals surface area contributed by atoms with Crippen molar-refractivity contribution < 1.29 is 27.6 Å². The lowest BCUT2D eigenvalue weighted by atomic mass is 10.0. The monoisotopic (exact) mass is 559 g/mol. The summed E-state index contributed by atoms with van der Waals surface area (Å²) in [5.41, 5.74) is 0.319. The van der Waals surface area contributed by atoms with E-state index in [2.05, 4.69) is 15.5 Å². The van der Waals surface area contributed by atoms with Crippen LogP contribution >= 0.6 is 23.2 Å². The number of fused-ring (bicyclic) bond motifs is 1. The molecule has 0 aromatic heterocycles. The van der Waals surface area contributed by atoms with Crippen molar-refractivity contribution in [3.63, 3.8) is 0 Å². The van der Waals surface area contributed by atoms with E-state index in [-0.39, 0.29) is 32.5 Å². The highest BCUT2D eigenvalue weighted by atomic mass is 35.5. The van der Waals surface area contributed by atoms with Crippen molar-refractivity contribution in [3.8, 4) is 11.5 Å². The first-order valence-electron chi connectivity index (χ1n) is 10.6. The Morgan fingerprint density at radius 2 is 1.76 bits per heavy atom. The summed E-state index contributed by atoms with van der Waals surface area (Å²) in [6.45, 7) is 1.42. The average Bonchev–Trinajstić information content (AvgIpc) is 2.85. The number of hydrogen-bond acceptors (Lipinski definition) is 7. The Morgan fingerprint density at radius 3 is 2.43 bits per heavy atom. The molecule has 0 heterocycles. The molecule has 0 aliphatic heterocycles. The summed E-state index contributed by atoms with van der Waals surface area (Å²) in [4.78, 5) is 12.7. The van der Waals surface area contributed by atoms with Crippen molar-refractivity contribution in [1.29, 1.82) is 0 Å². The van der Waals surface area contributed by atoms with Crippen LogP contribution < -0.4 is 10.1 Å². The maximum absolute atomic E-state index is 13.1.